The Kier molecular flexibility index (Phi) is 6.55. The van der Waals surface area contributed by atoms with E-state index >= 15 is 0 Å². The molecule has 0 saturated carbocycles. The number of carbonyl (C=O) groups excluding carboxylic acids is 1. The molecule has 1 saturated heterocycles. The molecule has 1 aromatic heterocycles. The van der Waals surface area contributed by atoms with E-state index in [0.29, 0.717) is 40.0 Å². The highest BCUT2D eigenvalue weighted by atomic mass is 35.5. The minimum absolute atomic E-state index is 0.0262. The average Bonchev–Trinajstić information content (AvgIpc) is 3.21. The second kappa shape index (κ2) is 9.36. The predicted molar refractivity (Wildman–Crippen MR) is 128 cm³/mol. The van der Waals surface area contributed by atoms with Crippen LogP contribution < -0.4 is 16.2 Å². The number of nitrogens with two attached hydrogens (primary N) is 2. The van der Waals surface area contributed by atoms with Crippen molar-refractivity contribution in [3.8, 4) is 16.9 Å². The molecule has 6 nitrogen and oxygen atoms in total. The lowest BCUT2D eigenvalue weighted by Gasteiger charge is -2.19. The number of ether oxygens (including phenoxy) is 1. The fraction of sp³-hybridized carbons (Fsp3) is 0.250. The molecular formula is C24H24Cl2N4O2. The van der Waals surface area contributed by atoms with Gasteiger partial charge in [-0.25, -0.2) is 4.98 Å². The quantitative estimate of drug-likeness (QED) is 0.549. The first-order valence-corrected chi connectivity index (χ1v) is 11.1. The number of hydrogen-bond donors (Lipinski definition) is 2. The summed E-state index contributed by atoms with van der Waals surface area (Å²) < 4.78 is 6.08. The third-order valence-electron chi connectivity index (χ3n) is 5.55. The van der Waals surface area contributed by atoms with Crippen LogP contribution in [0.1, 0.15) is 35.4 Å². The maximum atomic E-state index is 12.8. The van der Waals surface area contributed by atoms with E-state index in [2.05, 4.69) is 4.98 Å². The molecule has 1 aliphatic heterocycles. The molecule has 0 bridgehead atoms. The number of nitrogens with zero attached hydrogens (tertiary/aromatic N) is 2. The topological polar surface area (TPSA) is 94.5 Å². The smallest absolute Gasteiger partial charge is 0.253 e. The second-order valence-corrected chi connectivity index (χ2v) is 8.70. The first-order valence-electron chi connectivity index (χ1n) is 10.3. The summed E-state index contributed by atoms with van der Waals surface area (Å²) in [5.41, 5.74) is 14.9. The summed E-state index contributed by atoms with van der Waals surface area (Å²) in [5, 5.41) is 1.03. The van der Waals surface area contributed by atoms with Gasteiger partial charge >= 0.3 is 0 Å². The lowest BCUT2D eigenvalue weighted by Crippen LogP contribution is -2.31. The van der Waals surface area contributed by atoms with E-state index < -0.39 is 6.10 Å². The number of pyridine rings is 1. The zero-order chi connectivity index (χ0) is 22.8. The van der Waals surface area contributed by atoms with Crippen LogP contribution in [0.2, 0.25) is 10.0 Å². The number of anilines is 1. The third kappa shape index (κ3) is 4.67. The number of benzene rings is 2. The van der Waals surface area contributed by atoms with Crippen LogP contribution >= 0.6 is 23.2 Å². The summed E-state index contributed by atoms with van der Waals surface area (Å²) in [6.07, 6.45) is 2.04. The van der Waals surface area contributed by atoms with Gasteiger partial charge in [-0.2, -0.15) is 0 Å². The number of carbonyl (C=O) groups is 1. The van der Waals surface area contributed by atoms with Gasteiger partial charge in [0.15, 0.2) is 11.6 Å². The largest absolute Gasteiger partial charge is 0.482 e. The van der Waals surface area contributed by atoms with Gasteiger partial charge in [0.05, 0.1) is 0 Å². The van der Waals surface area contributed by atoms with Gasteiger partial charge in [0.25, 0.3) is 5.91 Å². The summed E-state index contributed by atoms with van der Waals surface area (Å²) in [7, 11) is 0. The number of nitrogen functional groups attached to an aromatic ring is 1. The van der Waals surface area contributed by atoms with Crippen molar-refractivity contribution < 1.29 is 9.53 Å². The van der Waals surface area contributed by atoms with Crippen LogP contribution in [0.3, 0.4) is 0 Å². The van der Waals surface area contributed by atoms with Gasteiger partial charge in [-0.05, 0) is 49.2 Å². The fourth-order valence-corrected chi connectivity index (χ4v) is 4.55. The molecule has 8 heteroatoms. The molecule has 32 heavy (non-hydrogen) atoms. The fourth-order valence-electron chi connectivity index (χ4n) is 3.84. The lowest BCUT2D eigenvalue weighted by atomic mass is 10.0. The molecular weight excluding hydrogens is 447 g/mol. The molecule has 1 fully saturated rings. The highest BCUT2D eigenvalue weighted by molar-refractivity contribution is 6.36. The van der Waals surface area contributed by atoms with Crippen LogP contribution in [0, 0.1) is 0 Å². The van der Waals surface area contributed by atoms with E-state index in [0.717, 1.165) is 17.5 Å². The Morgan fingerprint density at radius 1 is 1.16 bits per heavy atom. The zero-order valence-electron chi connectivity index (χ0n) is 17.6. The Hall–Kier alpha value is -2.80. The van der Waals surface area contributed by atoms with Crippen molar-refractivity contribution in [1.29, 1.82) is 0 Å². The van der Waals surface area contributed by atoms with E-state index in [1.165, 1.54) is 0 Å². The highest BCUT2D eigenvalue weighted by Gasteiger charge is 2.25. The summed E-state index contributed by atoms with van der Waals surface area (Å²) in [5.74, 6) is 0.636. The van der Waals surface area contributed by atoms with Crippen molar-refractivity contribution in [2.24, 2.45) is 5.73 Å². The maximum Gasteiger partial charge on any atom is 0.253 e. The number of amides is 1. The highest BCUT2D eigenvalue weighted by Crippen LogP contribution is 2.36. The molecule has 1 aliphatic rings. The van der Waals surface area contributed by atoms with Crippen molar-refractivity contribution in [3.05, 3.63) is 75.9 Å². The minimum atomic E-state index is -0.442. The minimum Gasteiger partial charge on any atom is -0.482 e. The van der Waals surface area contributed by atoms with Crippen LogP contribution in [0.15, 0.2) is 54.7 Å². The number of aromatic nitrogens is 1. The SMILES string of the molecule is CC(Oc1cc(-c2cccc(C(=O)N3CC[C@H](N)C3)c2)cnc1N)c1c(Cl)cccc1Cl. The average molecular weight is 471 g/mol. The van der Waals surface area contributed by atoms with Gasteiger partial charge in [-0.15, -0.1) is 0 Å². The molecule has 4 N–H and O–H groups in total. The van der Waals surface area contributed by atoms with Crippen LogP contribution in [-0.2, 0) is 0 Å². The number of hydrogen-bond acceptors (Lipinski definition) is 5. The Balaban J connectivity index is 1.60. The number of likely N-dealkylation sites (tertiary alicyclic amines) is 1. The van der Waals surface area contributed by atoms with E-state index in [4.69, 9.17) is 39.4 Å². The molecule has 2 heterocycles. The van der Waals surface area contributed by atoms with Crippen molar-refractivity contribution in [2.45, 2.75) is 25.5 Å². The number of rotatable bonds is 5. The van der Waals surface area contributed by atoms with E-state index in [1.54, 1.807) is 41.4 Å². The van der Waals surface area contributed by atoms with Crippen LogP contribution in [0.5, 0.6) is 5.75 Å². The molecule has 166 valence electrons. The first-order chi connectivity index (χ1) is 15.3. The lowest BCUT2D eigenvalue weighted by molar-refractivity contribution is 0.0791. The molecule has 0 aliphatic carbocycles. The molecule has 1 amide bonds. The molecule has 4 rings (SSSR count). The monoisotopic (exact) mass is 470 g/mol. The molecule has 0 spiro atoms. The van der Waals surface area contributed by atoms with Gasteiger partial charge in [-0.3, -0.25) is 4.79 Å². The standard InChI is InChI=1S/C24H24Cl2N4O2/c1-14(22-19(25)6-3-7-20(22)26)32-21-11-17(12-29-23(21)28)15-4-2-5-16(10-15)24(31)30-9-8-18(27)13-30/h2-7,10-12,14,18H,8-9,13,27H2,1H3,(H2,28,29)/t14?,18-/m0/s1. The van der Waals surface area contributed by atoms with E-state index in [1.807, 2.05) is 25.1 Å². The van der Waals surface area contributed by atoms with Gasteiger partial charge in [-0.1, -0.05) is 41.4 Å². The van der Waals surface area contributed by atoms with Gasteiger partial charge in [0.1, 0.15) is 6.10 Å². The summed E-state index contributed by atoms with van der Waals surface area (Å²) in [6.45, 7) is 3.10. The first kappa shape index (κ1) is 22.4. The third-order valence-corrected chi connectivity index (χ3v) is 6.21. The maximum absolute atomic E-state index is 12.8. The van der Waals surface area contributed by atoms with Crippen LogP contribution in [-0.4, -0.2) is 34.9 Å². The Morgan fingerprint density at radius 2 is 1.88 bits per heavy atom. The molecule has 2 aromatic carbocycles. The molecule has 1 unspecified atom stereocenters. The van der Waals surface area contributed by atoms with Crippen molar-refractivity contribution in [1.82, 2.24) is 9.88 Å². The Bertz CT molecular complexity index is 1130. The summed E-state index contributed by atoms with van der Waals surface area (Å²) in [6, 6.07) is 14.6. The van der Waals surface area contributed by atoms with Gasteiger partial charge in [0.2, 0.25) is 0 Å². The zero-order valence-corrected chi connectivity index (χ0v) is 19.1. The molecule has 2 atom stereocenters. The van der Waals surface area contributed by atoms with Crippen molar-refractivity contribution in [2.75, 3.05) is 18.8 Å². The predicted octanol–water partition coefficient (Wildman–Crippen LogP) is 4.95. The summed E-state index contributed by atoms with van der Waals surface area (Å²) >= 11 is 12.6. The second-order valence-electron chi connectivity index (χ2n) is 7.88. The normalized spacial score (nSPS) is 16.8. The van der Waals surface area contributed by atoms with Gasteiger partial charge < -0.3 is 21.1 Å². The Labute approximate surface area is 197 Å². The van der Waals surface area contributed by atoms with Crippen molar-refractivity contribution >= 4 is 34.9 Å². The summed E-state index contributed by atoms with van der Waals surface area (Å²) in [4.78, 5) is 18.9. The van der Waals surface area contributed by atoms with Crippen molar-refractivity contribution in [3.63, 3.8) is 0 Å². The van der Waals surface area contributed by atoms with Crippen LogP contribution in [0.4, 0.5) is 5.82 Å². The molecule has 3 aromatic rings. The van der Waals surface area contributed by atoms with E-state index in [-0.39, 0.29) is 17.8 Å². The van der Waals surface area contributed by atoms with E-state index in [9.17, 15) is 4.79 Å². The van der Waals surface area contributed by atoms with Gasteiger partial charge in [0, 0.05) is 52.1 Å². The van der Waals surface area contributed by atoms with Crippen LogP contribution in [0.25, 0.3) is 11.1 Å². The number of halogens is 2. The molecule has 0 radical (unpaired) electrons. The Morgan fingerprint density at radius 3 is 2.56 bits per heavy atom.